The van der Waals surface area contributed by atoms with Crippen LogP contribution in [0, 0.1) is 13.8 Å². The standard InChI is InChI=1S/C23H27F3N2O2/c1-5-28(4)15-27-21-10-16(2)20(9-17(21)3)22(13-29-14-22)30-12-18-7-6-8-19(11-18)23(24,25)26/h6-11,15H,5,12-14H2,1-4H3. The Morgan fingerprint density at radius 3 is 2.50 bits per heavy atom. The molecule has 0 amide bonds. The van der Waals surface area contributed by atoms with Gasteiger partial charge in [-0.15, -0.1) is 0 Å². The maximum atomic E-state index is 13.0. The summed E-state index contributed by atoms with van der Waals surface area (Å²) in [7, 11) is 1.96. The molecule has 1 aliphatic heterocycles. The van der Waals surface area contributed by atoms with E-state index in [0.717, 1.165) is 41.1 Å². The van der Waals surface area contributed by atoms with E-state index < -0.39 is 17.3 Å². The predicted octanol–water partition coefficient (Wildman–Crippen LogP) is 5.38. The van der Waals surface area contributed by atoms with E-state index >= 15 is 0 Å². The fourth-order valence-corrected chi connectivity index (χ4v) is 3.34. The van der Waals surface area contributed by atoms with Gasteiger partial charge < -0.3 is 14.4 Å². The van der Waals surface area contributed by atoms with E-state index in [0.29, 0.717) is 18.8 Å². The molecule has 1 saturated heterocycles. The molecule has 0 aromatic heterocycles. The van der Waals surface area contributed by atoms with Crippen LogP contribution in [0.5, 0.6) is 0 Å². The van der Waals surface area contributed by atoms with Crippen LogP contribution in [-0.4, -0.2) is 38.0 Å². The van der Waals surface area contributed by atoms with Crippen LogP contribution in [0.3, 0.4) is 0 Å². The Labute approximate surface area is 175 Å². The topological polar surface area (TPSA) is 34.1 Å². The Hall–Kier alpha value is -2.38. The number of alkyl halides is 3. The van der Waals surface area contributed by atoms with E-state index in [1.54, 1.807) is 12.4 Å². The summed E-state index contributed by atoms with van der Waals surface area (Å²) in [5.41, 5.74) is 3.03. The quantitative estimate of drug-likeness (QED) is 0.446. The van der Waals surface area contributed by atoms with E-state index in [4.69, 9.17) is 9.47 Å². The molecule has 0 N–H and O–H groups in total. The molecule has 2 aromatic rings. The number of rotatable bonds is 7. The Balaban J connectivity index is 1.81. The third-order valence-electron chi connectivity index (χ3n) is 5.37. The van der Waals surface area contributed by atoms with E-state index in [1.807, 2.05) is 37.9 Å². The van der Waals surface area contributed by atoms with E-state index in [1.165, 1.54) is 6.07 Å². The van der Waals surface area contributed by atoms with Gasteiger partial charge in [-0.2, -0.15) is 13.2 Å². The lowest BCUT2D eigenvalue weighted by Crippen LogP contribution is -2.49. The number of benzene rings is 2. The molecule has 0 saturated carbocycles. The number of halogens is 3. The molecule has 162 valence electrons. The fraction of sp³-hybridized carbons (Fsp3) is 0.435. The largest absolute Gasteiger partial charge is 0.416 e. The highest BCUT2D eigenvalue weighted by atomic mass is 19.4. The Morgan fingerprint density at radius 1 is 1.17 bits per heavy atom. The average Bonchev–Trinajstić information content (AvgIpc) is 2.67. The molecule has 1 fully saturated rings. The molecular formula is C23H27F3N2O2. The number of aliphatic imine (C=N–C) groups is 1. The zero-order valence-electron chi connectivity index (χ0n) is 17.7. The van der Waals surface area contributed by atoms with Crippen LogP contribution in [0.25, 0.3) is 0 Å². The molecule has 0 bridgehead atoms. The molecule has 30 heavy (non-hydrogen) atoms. The fourth-order valence-electron chi connectivity index (χ4n) is 3.34. The first-order valence-corrected chi connectivity index (χ1v) is 9.88. The van der Waals surface area contributed by atoms with Gasteiger partial charge in [0.15, 0.2) is 0 Å². The van der Waals surface area contributed by atoms with Crippen molar-refractivity contribution in [1.29, 1.82) is 0 Å². The van der Waals surface area contributed by atoms with Crippen LogP contribution < -0.4 is 0 Å². The summed E-state index contributed by atoms with van der Waals surface area (Å²) in [5, 5.41) is 0. The zero-order valence-corrected chi connectivity index (χ0v) is 17.7. The second-order valence-electron chi connectivity index (χ2n) is 7.75. The van der Waals surface area contributed by atoms with Crippen LogP contribution in [-0.2, 0) is 27.9 Å². The van der Waals surface area contributed by atoms with Crippen molar-refractivity contribution in [1.82, 2.24) is 4.90 Å². The second kappa shape index (κ2) is 8.78. The van der Waals surface area contributed by atoms with Gasteiger partial charge in [0, 0.05) is 13.6 Å². The normalized spacial score (nSPS) is 16.0. The molecule has 0 spiro atoms. The second-order valence-corrected chi connectivity index (χ2v) is 7.75. The third kappa shape index (κ3) is 4.84. The molecule has 0 atom stereocenters. The SMILES string of the molecule is CCN(C)C=Nc1cc(C)c(C2(OCc3cccc(C(F)(F)F)c3)COC2)cc1C. The van der Waals surface area contributed by atoms with Crippen molar-refractivity contribution in [2.24, 2.45) is 4.99 Å². The monoisotopic (exact) mass is 420 g/mol. The van der Waals surface area contributed by atoms with Gasteiger partial charge in [-0.3, -0.25) is 0 Å². The van der Waals surface area contributed by atoms with Gasteiger partial charge in [-0.1, -0.05) is 18.2 Å². The summed E-state index contributed by atoms with van der Waals surface area (Å²) >= 11 is 0. The summed E-state index contributed by atoms with van der Waals surface area (Å²) in [6.07, 6.45) is -2.57. The molecule has 0 unspecified atom stereocenters. The number of ether oxygens (including phenoxy) is 2. The number of nitrogens with zero attached hydrogens (tertiary/aromatic N) is 2. The first kappa shape index (κ1) is 22.3. The highest BCUT2D eigenvalue weighted by Crippen LogP contribution is 2.39. The molecular weight excluding hydrogens is 393 g/mol. The molecule has 2 aromatic carbocycles. The van der Waals surface area contributed by atoms with Gasteiger partial charge in [-0.25, -0.2) is 4.99 Å². The highest BCUT2D eigenvalue weighted by Gasteiger charge is 2.43. The minimum absolute atomic E-state index is 0.0764. The Morgan fingerprint density at radius 2 is 1.90 bits per heavy atom. The van der Waals surface area contributed by atoms with Gasteiger partial charge in [0.2, 0.25) is 0 Å². The smallest absolute Gasteiger partial charge is 0.375 e. The zero-order chi connectivity index (χ0) is 21.9. The summed E-state index contributed by atoms with van der Waals surface area (Å²) in [5.74, 6) is 0. The van der Waals surface area contributed by atoms with Gasteiger partial charge in [0.05, 0.1) is 37.4 Å². The van der Waals surface area contributed by atoms with Crippen LogP contribution in [0.2, 0.25) is 0 Å². The Bertz CT molecular complexity index is 921. The highest BCUT2D eigenvalue weighted by molar-refractivity contribution is 5.64. The van der Waals surface area contributed by atoms with E-state index in [2.05, 4.69) is 11.9 Å². The maximum absolute atomic E-state index is 13.0. The lowest BCUT2D eigenvalue weighted by Gasteiger charge is -2.42. The summed E-state index contributed by atoms with van der Waals surface area (Å²) in [6, 6.07) is 9.30. The summed E-state index contributed by atoms with van der Waals surface area (Å²) in [4.78, 5) is 6.54. The lowest BCUT2D eigenvalue weighted by molar-refractivity contribution is -0.223. The van der Waals surface area contributed by atoms with Crippen molar-refractivity contribution in [3.8, 4) is 0 Å². The van der Waals surface area contributed by atoms with Crippen molar-refractivity contribution in [2.75, 3.05) is 26.8 Å². The first-order chi connectivity index (χ1) is 14.1. The van der Waals surface area contributed by atoms with E-state index in [9.17, 15) is 13.2 Å². The third-order valence-corrected chi connectivity index (χ3v) is 5.37. The Kier molecular flexibility index (Phi) is 6.53. The van der Waals surface area contributed by atoms with Crippen molar-refractivity contribution in [2.45, 2.75) is 39.2 Å². The predicted molar refractivity (Wildman–Crippen MR) is 111 cm³/mol. The molecule has 7 heteroatoms. The van der Waals surface area contributed by atoms with Crippen LogP contribution in [0.15, 0.2) is 41.4 Å². The van der Waals surface area contributed by atoms with Crippen molar-refractivity contribution in [3.05, 3.63) is 64.2 Å². The van der Waals surface area contributed by atoms with Gasteiger partial charge in [0.25, 0.3) is 0 Å². The number of hydrogen-bond acceptors (Lipinski definition) is 3. The molecule has 1 heterocycles. The van der Waals surface area contributed by atoms with Gasteiger partial charge >= 0.3 is 6.18 Å². The van der Waals surface area contributed by atoms with Crippen molar-refractivity contribution in [3.63, 3.8) is 0 Å². The lowest BCUT2D eigenvalue weighted by atomic mass is 9.86. The molecule has 0 aliphatic carbocycles. The first-order valence-electron chi connectivity index (χ1n) is 9.88. The maximum Gasteiger partial charge on any atom is 0.416 e. The van der Waals surface area contributed by atoms with Gasteiger partial charge in [-0.05, 0) is 61.2 Å². The van der Waals surface area contributed by atoms with Crippen LogP contribution in [0.1, 0.15) is 34.7 Å². The van der Waals surface area contributed by atoms with E-state index in [-0.39, 0.29) is 6.61 Å². The molecule has 0 radical (unpaired) electrons. The number of aryl methyl sites for hydroxylation is 2. The minimum atomic E-state index is -4.37. The van der Waals surface area contributed by atoms with Gasteiger partial charge in [0.1, 0.15) is 5.60 Å². The minimum Gasteiger partial charge on any atom is -0.375 e. The molecule has 3 rings (SSSR count). The summed E-state index contributed by atoms with van der Waals surface area (Å²) in [6.45, 7) is 7.71. The van der Waals surface area contributed by atoms with Crippen LogP contribution in [0.4, 0.5) is 18.9 Å². The van der Waals surface area contributed by atoms with Crippen molar-refractivity contribution < 1.29 is 22.6 Å². The van der Waals surface area contributed by atoms with Crippen molar-refractivity contribution >= 4 is 12.0 Å². The molecule has 4 nitrogen and oxygen atoms in total. The molecule has 1 aliphatic rings. The number of hydrogen-bond donors (Lipinski definition) is 0. The average molecular weight is 420 g/mol. The van der Waals surface area contributed by atoms with Crippen LogP contribution >= 0.6 is 0 Å². The summed E-state index contributed by atoms with van der Waals surface area (Å²) < 4.78 is 50.5.